The number of aromatic nitrogens is 2. The minimum absolute atomic E-state index is 0.283. The molecule has 0 saturated carbocycles. The Morgan fingerprint density at radius 1 is 0.892 bits per heavy atom. The number of fused-ring (bicyclic) bond motifs is 1. The Kier molecular flexibility index (Phi) is 6.70. The van der Waals surface area contributed by atoms with E-state index in [0.717, 1.165) is 49.3 Å². The fourth-order valence-electron chi connectivity index (χ4n) is 4.27. The monoisotopic (exact) mass is 546 g/mol. The summed E-state index contributed by atoms with van der Waals surface area (Å²) in [5.74, 6) is 0. The molecule has 0 spiro atoms. The maximum atomic E-state index is 12.6. The molecule has 5 rings (SSSR count). The normalized spacial score (nSPS) is 13.1. The lowest BCUT2D eigenvalue weighted by Crippen LogP contribution is -2.28. The first-order valence-electron chi connectivity index (χ1n) is 11.6. The van der Waals surface area contributed by atoms with Crippen LogP contribution < -0.4 is 0 Å². The van der Waals surface area contributed by atoms with Crippen LogP contribution in [-0.4, -0.2) is 35.5 Å². The summed E-state index contributed by atoms with van der Waals surface area (Å²) in [5, 5.41) is 1.00. The molecule has 188 valence electrons. The molecule has 0 radical (unpaired) electrons. The summed E-state index contributed by atoms with van der Waals surface area (Å²) in [5.41, 5.74) is 8.36. The number of sulfone groups is 1. The fourth-order valence-corrected chi connectivity index (χ4v) is 6.16. The molecule has 0 N–H and O–H groups in total. The highest BCUT2D eigenvalue weighted by Gasteiger charge is 2.31. The van der Waals surface area contributed by atoms with Crippen molar-refractivity contribution in [2.75, 3.05) is 12.5 Å². The molecule has 0 saturated heterocycles. The van der Waals surface area contributed by atoms with Gasteiger partial charge in [-0.05, 0) is 72.5 Å². The second-order valence-corrected chi connectivity index (χ2v) is 14.3. The molecular formula is C29H26N2O3S3. The minimum Gasteiger partial charge on any atom is -0.616 e. The van der Waals surface area contributed by atoms with Crippen molar-refractivity contribution in [1.82, 2.24) is 9.97 Å². The summed E-state index contributed by atoms with van der Waals surface area (Å²) in [6.07, 6.45) is 4.73. The lowest BCUT2D eigenvalue weighted by molar-refractivity contribution is 0.561. The van der Waals surface area contributed by atoms with Gasteiger partial charge in [-0.1, -0.05) is 36.4 Å². The molecule has 2 aromatic heterocycles. The van der Waals surface area contributed by atoms with Gasteiger partial charge < -0.3 is 4.55 Å². The molecule has 8 heteroatoms. The summed E-state index contributed by atoms with van der Waals surface area (Å²) < 4.78 is 35.8. The molecule has 37 heavy (non-hydrogen) atoms. The van der Waals surface area contributed by atoms with Crippen molar-refractivity contribution in [3.8, 4) is 32.8 Å². The zero-order valence-electron chi connectivity index (χ0n) is 20.9. The molecule has 0 aliphatic rings. The summed E-state index contributed by atoms with van der Waals surface area (Å²) in [7, 11) is -3.27. The Bertz CT molecular complexity index is 1710. The van der Waals surface area contributed by atoms with E-state index in [1.165, 1.54) is 6.26 Å². The van der Waals surface area contributed by atoms with Gasteiger partial charge in [0.15, 0.2) is 9.84 Å². The summed E-state index contributed by atoms with van der Waals surface area (Å²) in [6, 6.07) is 23.2. The van der Waals surface area contributed by atoms with Crippen LogP contribution in [0.25, 0.3) is 43.7 Å². The minimum atomic E-state index is -3.27. The van der Waals surface area contributed by atoms with E-state index < -0.39 is 25.8 Å². The first-order valence-corrected chi connectivity index (χ1v) is 16.0. The van der Waals surface area contributed by atoms with Gasteiger partial charge in [-0.2, -0.15) is 0 Å². The largest absolute Gasteiger partial charge is 0.616 e. The SMILES string of the molecule is C[S+]([O-])C(C)(C)c1cc(-c2cccc(-c3scnc3-c3ccc(S(C)(=O)=O)cc3)c2)c2ncccc2c1. The standard InChI is InChI=1S/C29H26N2O3S3/c1-29(2,36(3)32)23-16-21-9-6-14-30-26(21)25(17-23)20-7-5-8-22(15-20)28-27(31-18-35-28)19-10-12-24(13-11-19)37(4,33)34/h5-18H,1-4H3. The average Bonchev–Trinajstić information content (AvgIpc) is 3.38. The Hall–Kier alpha value is -3.04. The van der Waals surface area contributed by atoms with E-state index in [-0.39, 0.29) is 4.90 Å². The number of rotatable bonds is 6. The Morgan fingerprint density at radius 2 is 1.62 bits per heavy atom. The van der Waals surface area contributed by atoms with Crippen molar-refractivity contribution in [2.24, 2.45) is 0 Å². The van der Waals surface area contributed by atoms with Crippen molar-refractivity contribution in [3.63, 3.8) is 0 Å². The van der Waals surface area contributed by atoms with Gasteiger partial charge in [0.25, 0.3) is 0 Å². The van der Waals surface area contributed by atoms with E-state index >= 15 is 0 Å². The maximum absolute atomic E-state index is 12.6. The molecule has 3 aromatic carbocycles. The van der Waals surface area contributed by atoms with Crippen molar-refractivity contribution in [2.45, 2.75) is 23.5 Å². The molecule has 0 aliphatic carbocycles. The second kappa shape index (κ2) is 9.68. The van der Waals surface area contributed by atoms with Crippen LogP contribution in [0.4, 0.5) is 0 Å². The highest BCUT2D eigenvalue weighted by molar-refractivity contribution is 7.91. The van der Waals surface area contributed by atoms with Gasteiger partial charge in [0.05, 0.1) is 32.7 Å². The predicted molar refractivity (Wildman–Crippen MR) is 154 cm³/mol. The number of hydrogen-bond donors (Lipinski definition) is 0. The molecule has 0 amide bonds. The number of thiazole rings is 1. The van der Waals surface area contributed by atoms with Crippen molar-refractivity contribution in [3.05, 3.63) is 90.1 Å². The van der Waals surface area contributed by atoms with Gasteiger partial charge in [0, 0.05) is 34.5 Å². The summed E-state index contributed by atoms with van der Waals surface area (Å²) in [6.45, 7) is 4.00. The molecule has 0 fully saturated rings. The number of pyridine rings is 1. The van der Waals surface area contributed by atoms with E-state index in [0.29, 0.717) is 0 Å². The fraction of sp³-hybridized carbons (Fsp3) is 0.172. The summed E-state index contributed by atoms with van der Waals surface area (Å²) in [4.78, 5) is 10.6. The topological polar surface area (TPSA) is 83.0 Å². The highest BCUT2D eigenvalue weighted by Crippen LogP contribution is 2.40. The molecule has 5 nitrogen and oxygen atoms in total. The van der Waals surface area contributed by atoms with Crippen LogP contribution in [0.1, 0.15) is 19.4 Å². The third-order valence-electron chi connectivity index (χ3n) is 6.68. The second-order valence-electron chi connectivity index (χ2n) is 9.47. The molecule has 2 heterocycles. The first kappa shape index (κ1) is 25.6. The lowest BCUT2D eigenvalue weighted by Gasteiger charge is -2.27. The van der Waals surface area contributed by atoms with Gasteiger partial charge in [0.2, 0.25) is 0 Å². The molecule has 5 aromatic rings. The third-order valence-corrected chi connectivity index (χ3v) is 10.4. The number of benzene rings is 3. The lowest BCUT2D eigenvalue weighted by atomic mass is 9.92. The Morgan fingerprint density at radius 3 is 2.32 bits per heavy atom. The van der Waals surface area contributed by atoms with Crippen LogP contribution in [0.3, 0.4) is 0 Å². The van der Waals surface area contributed by atoms with Gasteiger partial charge in [0.1, 0.15) is 4.75 Å². The van der Waals surface area contributed by atoms with Crippen molar-refractivity contribution < 1.29 is 13.0 Å². The molecule has 0 bridgehead atoms. The average molecular weight is 547 g/mol. The van der Waals surface area contributed by atoms with Gasteiger partial charge >= 0.3 is 0 Å². The zero-order chi connectivity index (χ0) is 26.4. The third kappa shape index (κ3) is 4.94. The van der Waals surface area contributed by atoms with Crippen molar-refractivity contribution >= 4 is 43.3 Å². The molecule has 1 unspecified atom stereocenters. The number of hydrogen-bond acceptors (Lipinski definition) is 6. The predicted octanol–water partition coefficient (Wildman–Crippen LogP) is 6.71. The molecular weight excluding hydrogens is 521 g/mol. The van der Waals surface area contributed by atoms with Crippen LogP contribution >= 0.6 is 11.3 Å². The molecule has 0 aliphatic heterocycles. The zero-order valence-corrected chi connectivity index (χ0v) is 23.4. The van der Waals surface area contributed by atoms with Crippen LogP contribution in [0.5, 0.6) is 0 Å². The van der Waals surface area contributed by atoms with E-state index in [9.17, 15) is 13.0 Å². The van der Waals surface area contributed by atoms with Crippen LogP contribution in [-0.2, 0) is 25.8 Å². The molecule has 1 atom stereocenters. The number of nitrogens with zero attached hydrogens (tertiary/aromatic N) is 2. The van der Waals surface area contributed by atoms with E-state index in [1.54, 1.807) is 53.6 Å². The van der Waals surface area contributed by atoms with E-state index in [2.05, 4.69) is 40.3 Å². The Labute approximate surface area is 224 Å². The van der Waals surface area contributed by atoms with E-state index in [4.69, 9.17) is 0 Å². The maximum Gasteiger partial charge on any atom is 0.175 e. The van der Waals surface area contributed by atoms with Crippen molar-refractivity contribution in [1.29, 1.82) is 0 Å². The highest BCUT2D eigenvalue weighted by atomic mass is 32.2. The first-order chi connectivity index (χ1) is 17.6. The van der Waals surface area contributed by atoms with Crippen LogP contribution in [0.15, 0.2) is 89.4 Å². The summed E-state index contributed by atoms with van der Waals surface area (Å²) >= 11 is 0.481. The van der Waals surface area contributed by atoms with E-state index in [1.807, 2.05) is 32.0 Å². The van der Waals surface area contributed by atoms with Crippen LogP contribution in [0, 0.1) is 0 Å². The van der Waals surface area contributed by atoms with Gasteiger partial charge in [-0.3, -0.25) is 4.98 Å². The smallest absolute Gasteiger partial charge is 0.175 e. The quantitative estimate of drug-likeness (QED) is 0.221. The Balaban J connectivity index is 1.63. The van der Waals surface area contributed by atoms with Gasteiger partial charge in [-0.15, -0.1) is 11.3 Å². The van der Waals surface area contributed by atoms with Crippen LogP contribution in [0.2, 0.25) is 0 Å². The van der Waals surface area contributed by atoms with Gasteiger partial charge in [-0.25, -0.2) is 13.4 Å².